The van der Waals surface area contributed by atoms with Crippen molar-refractivity contribution in [2.24, 2.45) is 0 Å². The van der Waals surface area contributed by atoms with Gasteiger partial charge in [0.05, 0.1) is 13.1 Å². The third-order valence-corrected chi connectivity index (χ3v) is 6.85. The van der Waals surface area contributed by atoms with E-state index in [0.29, 0.717) is 0 Å². The highest BCUT2D eigenvalue weighted by Crippen LogP contribution is 2.13. The van der Waals surface area contributed by atoms with E-state index in [0.717, 1.165) is 0 Å². The van der Waals surface area contributed by atoms with Crippen molar-refractivity contribution in [1.29, 1.82) is 0 Å². The normalized spacial score (nSPS) is 11.5. The van der Waals surface area contributed by atoms with Crippen LogP contribution in [0.15, 0.2) is 12.4 Å². The topological polar surface area (TPSA) is 8.81 Å². The minimum Gasteiger partial charge on any atom is -0.234 e. The molecule has 0 aliphatic rings. The summed E-state index contributed by atoms with van der Waals surface area (Å²) in [4.78, 5) is 0. The number of aromatic nitrogens is 2. The molecule has 0 saturated heterocycles. The van der Waals surface area contributed by atoms with Crippen LogP contribution in [0.25, 0.3) is 0 Å². The molecule has 0 fully saturated rings. The molecule has 0 radical (unpaired) electrons. The second-order valence-corrected chi connectivity index (χ2v) is 9.86. The second-order valence-electron chi connectivity index (χ2n) is 9.86. The van der Waals surface area contributed by atoms with Gasteiger partial charge in [-0.3, -0.25) is 0 Å². The van der Waals surface area contributed by atoms with Crippen LogP contribution in [0.2, 0.25) is 0 Å². The maximum Gasteiger partial charge on any atom is 0.256 e. The first-order valence-electron chi connectivity index (χ1n) is 14.4. The smallest absolute Gasteiger partial charge is 0.234 e. The lowest BCUT2D eigenvalue weighted by Crippen LogP contribution is -2.37. The van der Waals surface area contributed by atoms with Crippen molar-refractivity contribution in [3.63, 3.8) is 0 Å². The lowest BCUT2D eigenvalue weighted by molar-refractivity contribution is -0.704. The zero-order valence-electron chi connectivity index (χ0n) is 21.8. The summed E-state index contributed by atoms with van der Waals surface area (Å²) in [6.45, 7) is 9.35. The largest absolute Gasteiger partial charge is 0.256 e. The van der Waals surface area contributed by atoms with Crippen LogP contribution in [0.4, 0.5) is 0 Å². The van der Waals surface area contributed by atoms with Gasteiger partial charge in [-0.25, -0.2) is 9.13 Å². The van der Waals surface area contributed by atoms with Crippen LogP contribution in [0.5, 0.6) is 0 Å². The van der Waals surface area contributed by atoms with Crippen molar-refractivity contribution in [3.8, 4) is 0 Å². The molecule has 1 aromatic rings. The zero-order valence-corrected chi connectivity index (χ0v) is 21.8. The highest BCUT2D eigenvalue weighted by molar-refractivity contribution is 4.84. The van der Waals surface area contributed by atoms with E-state index in [1.165, 1.54) is 148 Å². The predicted octanol–water partition coefficient (Wildman–Crippen LogP) is 9.18. The third-order valence-electron chi connectivity index (χ3n) is 6.85. The molecular formula is C29H57N2+. The zero-order chi connectivity index (χ0) is 22.4. The summed E-state index contributed by atoms with van der Waals surface area (Å²) in [5.41, 5.74) is 0. The Hall–Kier alpha value is -0.790. The number of hydrogen-bond acceptors (Lipinski definition) is 0. The molecule has 0 spiro atoms. The first-order valence-corrected chi connectivity index (χ1v) is 14.4. The second kappa shape index (κ2) is 21.1. The van der Waals surface area contributed by atoms with Gasteiger partial charge in [0.1, 0.15) is 12.4 Å². The maximum absolute atomic E-state index is 2.59. The van der Waals surface area contributed by atoms with Crippen LogP contribution in [0.3, 0.4) is 0 Å². The molecular weight excluding hydrogens is 376 g/mol. The molecule has 0 unspecified atom stereocenters. The van der Waals surface area contributed by atoms with E-state index in [-0.39, 0.29) is 0 Å². The molecule has 1 aromatic heterocycles. The summed E-state index contributed by atoms with van der Waals surface area (Å²) in [6.07, 6.45) is 34.1. The fourth-order valence-corrected chi connectivity index (χ4v) is 4.73. The highest BCUT2D eigenvalue weighted by atomic mass is 15.1. The lowest BCUT2D eigenvalue weighted by Gasteiger charge is -2.07. The molecule has 0 amide bonds. The number of nitrogens with zero attached hydrogens (tertiary/aromatic N) is 2. The molecule has 2 heteroatoms. The number of rotatable bonds is 23. The van der Waals surface area contributed by atoms with Crippen molar-refractivity contribution < 1.29 is 4.57 Å². The Morgan fingerprint density at radius 3 is 1.55 bits per heavy atom. The van der Waals surface area contributed by atoms with Crippen LogP contribution in [-0.4, -0.2) is 4.57 Å². The molecule has 0 aromatic carbocycles. The monoisotopic (exact) mass is 433 g/mol. The SMILES string of the molecule is CCCCCCCCCCCCc1n(CCCCCCCCC)cc[n+]1CCCCC. The molecule has 0 N–H and O–H groups in total. The van der Waals surface area contributed by atoms with Gasteiger partial charge in [0.15, 0.2) is 0 Å². The lowest BCUT2D eigenvalue weighted by atomic mass is 10.1. The molecule has 1 rings (SSSR count). The number of imidazole rings is 1. The highest BCUT2D eigenvalue weighted by Gasteiger charge is 2.16. The Balaban J connectivity index is 2.30. The molecule has 1 heterocycles. The predicted molar refractivity (Wildman–Crippen MR) is 138 cm³/mol. The van der Waals surface area contributed by atoms with Crippen molar-refractivity contribution in [2.75, 3.05) is 0 Å². The van der Waals surface area contributed by atoms with Crippen molar-refractivity contribution in [3.05, 3.63) is 18.2 Å². The van der Waals surface area contributed by atoms with E-state index in [4.69, 9.17) is 0 Å². The number of unbranched alkanes of at least 4 members (excludes halogenated alkanes) is 17. The number of hydrogen-bond donors (Lipinski definition) is 0. The summed E-state index contributed by atoms with van der Waals surface area (Å²) in [5, 5.41) is 0. The molecule has 2 nitrogen and oxygen atoms in total. The standard InChI is InChI=1S/C29H57N2/c1-4-7-10-12-14-15-16-17-19-21-24-29-30(25-22-9-6-3)27-28-31(29)26-23-20-18-13-11-8-5-2/h27-28H,4-26H2,1-3H3/q+1. The van der Waals surface area contributed by atoms with E-state index in [1.807, 2.05) is 0 Å². The minimum atomic E-state index is 1.21. The molecule has 0 bridgehead atoms. The van der Waals surface area contributed by atoms with Crippen molar-refractivity contribution in [1.82, 2.24) is 4.57 Å². The van der Waals surface area contributed by atoms with Gasteiger partial charge in [0, 0.05) is 6.42 Å². The van der Waals surface area contributed by atoms with Crippen LogP contribution in [-0.2, 0) is 19.5 Å². The molecule has 182 valence electrons. The Bertz CT molecular complexity index is 491. The Morgan fingerprint density at radius 2 is 1.00 bits per heavy atom. The first kappa shape index (κ1) is 28.2. The van der Waals surface area contributed by atoms with Gasteiger partial charge < -0.3 is 0 Å². The average molecular weight is 434 g/mol. The number of aryl methyl sites for hydroxylation is 2. The van der Waals surface area contributed by atoms with E-state index >= 15 is 0 Å². The Morgan fingerprint density at radius 1 is 0.548 bits per heavy atom. The molecule has 0 atom stereocenters. The van der Waals surface area contributed by atoms with Crippen LogP contribution >= 0.6 is 0 Å². The Labute approximate surface area is 196 Å². The van der Waals surface area contributed by atoms with Crippen LogP contribution < -0.4 is 4.57 Å². The van der Waals surface area contributed by atoms with E-state index in [9.17, 15) is 0 Å². The van der Waals surface area contributed by atoms with Gasteiger partial charge in [-0.15, -0.1) is 0 Å². The van der Waals surface area contributed by atoms with Gasteiger partial charge >= 0.3 is 0 Å². The summed E-state index contributed by atoms with van der Waals surface area (Å²) in [6, 6.07) is 0. The fraction of sp³-hybridized carbons (Fsp3) is 0.897. The van der Waals surface area contributed by atoms with Gasteiger partial charge in [-0.2, -0.15) is 0 Å². The molecule has 0 aliphatic heterocycles. The van der Waals surface area contributed by atoms with Crippen LogP contribution in [0, 0.1) is 0 Å². The maximum atomic E-state index is 2.59. The Kier molecular flexibility index (Phi) is 19.2. The molecule has 0 aliphatic carbocycles. The van der Waals surface area contributed by atoms with Gasteiger partial charge in [-0.1, -0.05) is 117 Å². The molecule has 0 saturated carbocycles. The minimum absolute atomic E-state index is 1.21. The average Bonchev–Trinajstić information content (AvgIpc) is 3.16. The van der Waals surface area contributed by atoms with Crippen molar-refractivity contribution >= 4 is 0 Å². The van der Waals surface area contributed by atoms with E-state index in [1.54, 1.807) is 5.82 Å². The molecule has 31 heavy (non-hydrogen) atoms. The third kappa shape index (κ3) is 14.8. The van der Waals surface area contributed by atoms with Gasteiger partial charge in [-0.05, 0) is 32.1 Å². The van der Waals surface area contributed by atoms with Gasteiger partial charge in [0.2, 0.25) is 0 Å². The quantitative estimate of drug-likeness (QED) is 0.120. The summed E-state index contributed by atoms with van der Waals surface area (Å²) >= 11 is 0. The van der Waals surface area contributed by atoms with Crippen LogP contribution in [0.1, 0.15) is 155 Å². The van der Waals surface area contributed by atoms with Gasteiger partial charge in [0.25, 0.3) is 5.82 Å². The summed E-state index contributed by atoms with van der Waals surface area (Å²) in [5.74, 6) is 1.60. The van der Waals surface area contributed by atoms with Crippen molar-refractivity contribution in [2.45, 2.75) is 169 Å². The first-order chi connectivity index (χ1) is 15.3. The summed E-state index contributed by atoms with van der Waals surface area (Å²) in [7, 11) is 0. The fourth-order valence-electron chi connectivity index (χ4n) is 4.73. The van der Waals surface area contributed by atoms with E-state index in [2.05, 4.69) is 42.3 Å². The van der Waals surface area contributed by atoms with E-state index < -0.39 is 0 Å². The summed E-state index contributed by atoms with van der Waals surface area (Å²) < 4.78 is 5.16.